The molecule has 4 aromatic heterocycles. The second kappa shape index (κ2) is 5.48. The van der Waals surface area contributed by atoms with Crippen molar-refractivity contribution in [1.82, 2.24) is 24.1 Å². The van der Waals surface area contributed by atoms with Crippen LogP contribution in [0.25, 0.3) is 33.3 Å². The molecule has 0 N–H and O–H groups in total. The standard InChI is InChI=1S/C16H8ClN5OS2/c17-9-3-1-4-10(7-9)22-14-12(25-16(22)24)15-19-13(11-5-2-6-23-11)20-21(15)8-18-14/h1-8H. The molecule has 5 rings (SSSR count). The molecular weight excluding hydrogens is 378 g/mol. The molecule has 0 bridgehead atoms. The van der Waals surface area contributed by atoms with E-state index in [9.17, 15) is 0 Å². The lowest BCUT2D eigenvalue weighted by Gasteiger charge is -2.04. The molecule has 0 aliphatic carbocycles. The van der Waals surface area contributed by atoms with Gasteiger partial charge >= 0.3 is 0 Å². The number of hydrogen-bond donors (Lipinski definition) is 0. The minimum Gasteiger partial charge on any atom is -0.461 e. The summed E-state index contributed by atoms with van der Waals surface area (Å²) >= 11 is 13.1. The van der Waals surface area contributed by atoms with Crippen molar-refractivity contribution >= 4 is 51.1 Å². The second-order valence-corrected chi connectivity index (χ2v) is 7.34. The first kappa shape index (κ1) is 14.8. The van der Waals surface area contributed by atoms with E-state index in [2.05, 4.69) is 15.1 Å². The van der Waals surface area contributed by atoms with E-state index in [4.69, 9.17) is 28.2 Å². The van der Waals surface area contributed by atoms with Gasteiger partial charge in [-0.25, -0.2) is 14.5 Å². The van der Waals surface area contributed by atoms with Crippen LogP contribution in [-0.2, 0) is 0 Å². The molecule has 122 valence electrons. The first-order chi connectivity index (χ1) is 12.2. The molecule has 0 radical (unpaired) electrons. The Balaban J connectivity index is 1.81. The topological polar surface area (TPSA) is 61.1 Å². The van der Waals surface area contributed by atoms with Gasteiger partial charge in [-0.3, -0.25) is 4.57 Å². The molecule has 1 aromatic carbocycles. The Bertz CT molecular complexity index is 1290. The number of halogens is 1. The third-order valence-corrected chi connectivity index (χ3v) is 5.31. The number of benzene rings is 1. The zero-order valence-corrected chi connectivity index (χ0v) is 14.8. The van der Waals surface area contributed by atoms with Gasteiger partial charge in [0.15, 0.2) is 21.0 Å². The maximum absolute atomic E-state index is 6.12. The van der Waals surface area contributed by atoms with Crippen molar-refractivity contribution in [1.29, 1.82) is 0 Å². The second-order valence-electron chi connectivity index (χ2n) is 5.26. The van der Waals surface area contributed by atoms with Crippen molar-refractivity contribution in [3.63, 3.8) is 0 Å². The van der Waals surface area contributed by atoms with Gasteiger partial charge in [-0.1, -0.05) is 29.0 Å². The van der Waals surface area contributed by atoms with Crippen molar-refractivity contribution in [3.8, 4) is 17.3 Å². The fourth-order valence-corrected chi connectivity index (χ4v) is 4.20. The average Bonchev–Trinajstić information content (AvgIpc) is 3.31. The molecule has 0 aliphatic heterocycles. The molecule has 0 amide bonds. The molecule has 9 heteroatoms. The van der Waals surface area contributed by atoms with Crippen molar-refractivity contribution in [3.05, 3.63) is 58.0 Å². The van der Waals surface area contributed by atoms with Gasteiger partial charge in [-0.15, -0.1) is 5.10 Å². The van der Waals surface area contributed by atoms with E-state index < -0.39 is 0 Å². The van der Waals surface area contributed by atoms with E-state index in [1.807, 2.05) is 34.9 Å². The van der Waals surface area contributed by atoms with Crippen LogP contribution in [0.2, 0.25) is 5.02 Å². The van der Waals surface area contributed by atoms with Gasteiger partial charge in [0.1, 0.15) is 11.0 Å². The molecule has 0 spiro atoms. The highest BCUT2D eigenvalue weighted by Crippen LogP contribution is 2.29. The van der Waals surface area contributed by atoms with Gasteiger partial charge in [0.25, 0.3) is 0 Å². The highest BCUT2D eigenvalue weighted by atomic mass is 35.5. The van der Waals surface area contributed by atoms with Crippen LogP contribution in [0.4, 0.5) is 0 Å². The van der Waals surface area contributed by atoms with Crippen molar-refractivity contribution in [2.24, 2.45) is 0 Å². The summed E-state index contributed by atoms with van der Waals surface area (Å²) in [6.07, 6.45) is 3.22. The molecule has 0 atom stereocenters. The van der Waals surface area contributed by atoms with Crippen LogP contribution >= 0.6 is 35.2 Å². The fraction of sp³-hybridized carbons (Fsp3) is 0. The van der Waals surface area contributed by atoms with E-state index in [1.165, 1.54) is 11.3 Å². The summed E-state index contributed by atoms with van der Waals surface area (Å²) in [5.41, 5.74) is 2.28. The summed E-state index contributed by atoms with van der Waals surface area (Å²) in [7, 11) is 0. The van der Waals surface area contributed by atoms with Crippen LogP contribution in [0.15, 0.2) is 53.4 Å². The number of fused-ring (bicyclic) bond motifs is 3. The highest BCUT2D eigenvalue weighted by molar-refractivity contribution is 7.73. The van der Waals surface area contributed by atoms with E-state index >= 15 is 0 Å². The predicted molar refractivity (Wildman–Crippen MR) is 99.0 cm³/mol. The van der Waals surface area contributed by atoms with Gasteiger partial charge in [0.05, 0.1) is 12.0 Å². The molecule has 0 aliphatic rings. The molecule has 0 fully saturated rings. The number of thiazole rings is 1. The van der Waals surface area contributed by atoms with Gasteiger partial charge in [0.2, 0.25) is 5.82 Å². The fourth-order valence-electron chi connectivity index (χ4n) is 2.65. The Hall–Kier alpha value is -2.55. The Morgan fingerprint density at radius 1 is 1.16 bits per heavy atom. The highest BCUT2D eigenvalue weighted by Gasteiger charge is 2.16. The van der Waals surface area contributed by atoms with Crippen LogP contribution in [-0.4, -0.2) is 24.1 Å². The molecule has 6 nitrogen and oxygen atoms in total. The maximum atomic E-state index is 6.12. The number of hydrogen-bond acceptors (Lipinski definition) is 6. The van der Waals surface area contributed by atoms with Crippen molar-refractivity contribution < 1.29 is 4.42 Å². The van der Waals surface area contributed by atoms with Crippen LogP contribution in [0.3, 0.4) is 0 Å². The Labute approximate surface area is 154 Å². The number of nitrogens with zero attached hydrogens (tertiary/aromatic N) is 5. The lowest BCUT2D eigenvalue weighted by molar-refractivity contribution is 0.577. The quantitative estimate of drug-likeness (QED) is 0.409. The van der Waals surface area contributed by atoms with Crippen LogP contribution in [0.5, 0.6) is 0 Å². The summed E-state index contributed by atoms with van der Waals surface area (Å²) < 4.78 is 10.4. The summed E-state index contributed by atoms with van der Waals surface area (Å²) in [4.78, 5) is 9.12. The zero-order valence-electron chi connectivity index (χ0n) is 12.5. The van der Waals surface area contributed by atoms with E-state index in [0.717, 1.165) is 16.0 Å². The van der Waals surface area contributed by atoms with Crippen molar-refractivity contribution in [2.75, 3.05) is 0 Å². The largest absolute Gasteiger partial charge is 0.461 e. The normalized spacial score (nSPS) is 11.6. The third-order valence-electron chi connectivity index (χ3n) is 3.72. The molecule has 0 unspecified atom stereocenters. The summed E-state index contributed by atoms with van der Waals surface area (Å²) in [6.45, 7) is 0. The van der Waals surface area contributed by atoms with Gasteiger partial charge in [-0.05, 0) is 42.5 Å². The Morgan fingerprint density at radius 2 is 2.08 bits per heavy atom. The van der Waals surface area contributed by atoms with Gasteiger partial charge in [-0.2, -0.15) is 0 Å². The van der Waals surface area contributed by atoms with E-state index in [1.54, 1.807) is 23.2 Å². The lowest BCUT2D eigenvalue weighted by Crippen LogP contribution is -1.97. The SMILES string of the molecule is S=c1sc2c(ncn3nc(-c4ccco4)nc23)n1-c1cccc(Cl)c1. The van der Waals surface area contributed by atoms with Crippen LogP contribution < -0.4 is 0 Å². The molecule has 4 heterocycles. The molecule has 0 saturated heterocycles. The molecular formula is C16H8ClN5OS2. The Morgan fingerprint density at radius 3 is 2.88 bits per heavy atom. The number of aromatic nitrogens is 5. The van der Waals surface area contributed by atoms with Crippen molar-refractivity contribution in [2.45, 2.75) is 0 Å². The third kappa shape index (κ3) is 2.30. The van der Waals surface area contributed by atoms with E-state index in [0.29, 0.717) is 26.2 Å². The minimum atomic E-state index is 0.507. The number of rotatable bonds is 2. The maximum Gasteiger partial charge on any atom is 0.218 e. The van der Waals surface area contributed by atoms with Crippen LogP contribution in [0.1, 0.15) is 0 Å². The van der Waals surface area contributed by atoms with E-state index in [-0.39, 0.29) is 0 Å². The van der Waals surface area contributed by atoms with Gasteiger partial charge in [0, 0.05) is 5.02 Å². The first-order valence-corrected chi connectivity index (χ1v) is 8.88. The summed E-state index contributed by atoms with van der Waals surface area (Å²) in [5.74, 6) is 1.11. The lowest BCUT2D eigenvalue weighted by atomic mass is 10.3. The van der Waals surface area contributed by atoms with Gasteiger partial charge < -0.3 is 4.42 Å². The average molecular weight is 386 g/mol. The molecule has 0 saturated carbocycles. The van der Waals surface area contributed by atoms with Crippen LogP contribution in [0, 0.1) is 3.95 Å². The zero-order chi connectivity index (χ0) is 17.0. The summed E-state index contributed by atoms with van der Waals surface area (Å²) in [5, 5.41) is 5.06. The molecule has 25 heavy (non-hydrogen) atoms. The number of furan rings is 1. The summed E-state index contributed by atoms with van der Waals surface area (Å²) in [6, 6.07) is 11.1. The smallest absolute Gasteiger partial charge is 0.218 e. The predicted octanol–water partition coefficient (Wildman–Crippen LogP) is 4.77. The Kier molecular flexibility index (Phi) is 3.24. The minimum absolute atomic E-state index is 0.507. The monoisotopic (exact) mass is 385 g/mol. The first-order valence-electron chi connectivity index (χ1n) is 7.27. The molecule has 5 aromatic rings.